The quantitative estimate of drug-likeness (QED) is 0.569. The first-order valence-corrected chi connectivity index (χ1v) is 10.7. The Bertz CT molecular complexity index is 1060. The van der Waals surface area contributed by atoms with Crippen molar-refractivity contribution < 1.29 is 4.74 Å². The number of methoxy groups -OCH3 is 1. The lowest BCUT2D eigenvalue weighted by Gasteiger charge is -2.20. The van der Waals surface area contributed by atoms with Crippen LogP contribution in [0.2, 0.25) is 0 Å². The summed E-state index contributed by atoms with van der Waals surface area (Å²) in [5.74, 6) is 0.847. The Kier molecular flexibility index (Phi) is 5.67. The van der Waals surface area contributed by atoms with Gasteiger partial charge in [0.2, 0.25) is 0 Å². The zero-order valence-electron chi connectivity index (χ0n) is 16.8. The first kappa shape index (κ1) is 19.3. The third kappa shape index (κ3) is 4.20. The van der Waals surface area contributed by atoms with Gasteiger partial charge in [0.25, 0.3) is 0 Å². The molecule has 0 amide bonds. The summed E-state index contributed by atoms with van der Waals surface area (Å²) in [6.07, 6.45) is 2.04. The Morgan fingerprint density at radius 2 is 1.72 bits per heavy atom. The van der Waals surface area contributed by atoms with Crippen LogP contribution in [-0.4, -0.2) is 29.3 Å². The molecule has 1 heterocycles. The second-order valence-corrected chi connectivity index (χ2v) is 7.61. The number of ether oxygens (including phenoxy) is 1. The van der Waals surface area contributed by atoms with Gasteiger partial charge >= 0.3 is 0 Å². The molecular formula is C24H23N3OS. The summed E-state index contributed by atoms with van der Waals surface area (Å²) in [7, 11) is 1.68. The Morgan fingerprint density at radius 1 is 0.966 bits per heavy atom. The highest BCUT2D eigenvalue weighted by Crippen LogP contribution is 2.30. The predicted molar refractivity (Wildman–Crippen MR) is 122 cm³/mol. The molecule has 1 aliphatic rings. The van der Waals surface area contributed by atoms with E-state index < -0.39 is 0 Å². The van der Waals surface area contributed by atoms with E-state index in [0.29, 0.717) is 6.54 Å². The van der Waals surface area contributed by atoms with Crippen molar-refractivity contribution in [3.8, 4) is 5.75 Å². The fourth-order valence-corrected chi connectivity index (χ4v) is 3.79. The SMILES string of the molecule is COc1ccc(CN2N=C(c3ccccc3)c3ccc(C)cc3N=C2SC)cc1. The minimum absolute atomic E-state index is 0.632. The normalized spacial score (nSPS) is 13.3. The van der Waals surface area contributed by atoms with E-state index in [4.69, 9.17) is 14.8 Å². The van der Waals surface area contributed by atoms with Crippen LogP contribution in [-0.2, 0) is 6.54 Å². The summed E-state index contributed by atoms with van der Waals surface area (Å²) in [5.41, 5.74) is 6.34. The van der Waals surface area contributed by atoms with E-state index in [0.717, 1.165) is 39.0 Å². The number of hydrogen-bond donors (Lipinski definition) is 0. The largest absolute Gasteiger partial charge is 0.497 e. The van der Waals surface area contributed by atoms with E-state index in [9.17, 15) is 0 Å². The third-order valence-corrected chi connectivity index (χ3v) is 5.45. The number of rotatable bonds is 4. The molecule has 0 fully saturated rings. The molecule has 146 valence electrons. The highest BCUT2D eigenvalue weighted by atomic mass is 32.2. The molecule has 29 heavy (non-hydrogen) atoms. The van der Waals surface area contributed by atoms with Gasteiger partial charge < -0.3 is 4.74 Å². The highest BCUT2D eigenvalue weighted by Gasteiger charge is 2.21. The number of benzene rings is 3. The van der Waals surface area contributed by atoms with Crippen molar-refractivity contribution in [2.24, 2.45) is 10.1 Å². The van der Waals surface area contributed by atoms with Gasteiger partial charge in [-0.3, -0.25) is 0 Å². The van der Waals surface area contributed by atoms with Crippen LogP contribution in [0.15, 0.2) is 82.9 Å². The molecule has 0 saturated carbocycles. The molecule has 0 aromatic heterocycles. The minimum Gasteiger partial charge on any atom is -0.497 e. The Balaban J connectivity index is 1.81. The summed E-state index contributed by atoms with van der Waals surface area (Å²) in [5, 5.41) is 7.94. The molecule has 0 aliphatic carbocycles. The second-order valence-electron chi connectivity index (χ2n) is 6.84. The number of hydrogen-bond acceptors (Lipinski definition) is 5. The van der Waals surface area contributed by atoms with Crippen LogP contribution in [0.25, 0.3) is 0 Å². The maximum Gasteiger partial charge on any atom is 0.185 e. The third-order valence-electron chi connectivity index (χ3n) is 4.79. The van der Waals surface area contributed by atoms with Gasteiger partial charge in [-0.25, -0.2) is 10.0 Å². The van der Waals surface area contributed by atoms with Gasteiger partial charge in [-0.15, -0.1) is 0 Å². The van der Waals surface area contributed by atoms with Crippen molar-refractivity contribution in [1.29, 1.82) is 0 Å². The van der Waals surface area contributed by atoms with Crippen molar-refractivity contribution in [1.82, 2.24) is 5.01 Å². The molecule has 0 atom stereocenters. The molecule has 4 nitrogen and oxygen atoms in total. The van der Waals surface area contributed by atoms with Gasteiger partial charge in [0.05, 0.1) is 19.3 Å². The molecule has 0 radical (unpaired) electrons. The van der Waals surface area contributed by atoms with Crippen molar-refractivity contribution in [2.45, 2.75) is 13.5 Å². The van der Waals surface area contributed by atoms with Gasteiger partial charge in [0, 0.05) is 11.1 Å². The van der Waals surface area contributed by atoms with Crippen LogP contribution in [0.1, 0.15) is 22.3 Å². The predicted octanol–water partition coefficient (Wildman–Crippen LogP) is 5.62. The number of aryl methyl sites for hydroxylation is 1. The molecule has 0 N–H and O–H groups in total. The lowest BCUT2D eigenvalue weighted by Crippen LogP contribution is -2.23. The van der Waals surface area contributed by atoms with Gasteiger partial charge in [0.15, 0.2) is 5.17 Å². The summed E-state index contributed by atoms with van der Waals surface area (Å²) in [6.45, 7) is 2.72. The van der Waals surface area contributed by atoms with Crippen molar-refractivity contribution in [2.75, 3.05) is 13.4 Å². The molecular weight excluding hydrogens is 378 g/mol. The Hall–Kier alpha value is -3.05. The van der Waals surface area contributed by atoms with Crippen LogP contribution in [0.5, 0.6) is 5.75 Å². The lowest BCUT2D eigenvalue weighted by molar-refractivity contribution is 0.413. The zero-order valence-corrected chi connectivity index (χ0v) is 17.6. The van der Waals surface area contributed by atoms with Crippen molar-refractivity contribution >= 4 is 28.3 Å². The standard InChI is InChI=1S/C24H23N3OS/c1-17-9-14-21-22(15-17)25-24(29-3)27(16-18-10-12-20(28-2)13-11-18)26-23(21)19-7-5-4-6-8-19/h4-15H,16H2,1-3H3. The van der Waals surface area contributed by atoms with Crippen molar-refractivity contribution in [3.63, 3.8) is 0 Å². The van der Waals surface area contributed by atoms with Crippen LogP contribution in [0.4, 0.5) is 5.69 Å². The molecule has 4 rings (SSSR count). The molecule has 3 aromatic carbocycles. The fraction of sp³-hybridized carbons (Fsp3) is 0.167. The molecule has 5 heteroatoms. The molecule has 1 aliphatic heterocycles. The van der Waals surface area contributed by atoms with Crippen LogP contribution in [0.3, 0.4) is 0 Å². The maximum absolute atomic E-state index is 5.28. The first-order valence-electron chi connectivity index (χ1n) is 9.46. The molecule has 3 aromatic rings. The summed E-state index contributed by atoms with van der Waals surface area (Å²) < 4.78 is 5.28. The number of fused-ring (bicyclic) bond motifs is 1. The zero-order chi connectivity index (χ0) is 20.2. The molecule has 0 saturated heterocycles. The van der Waals surface area contributed by atoms with Gasteiger partial charge in [-0.2, -0.15) is 5.10 Å². The average molecular weight is 402 g/mol. The van der Waals surface area contributed by atoms with Gasteiger partial charge in [-0.1, -0.05) is 66.4 Å². The highest BCUT2D eigenvalue weighted by molar-refractivity contribution is 8.13. The maximum atomic E-state index is 5.28. The Labute approximate surface area is 175 Å². The number of amidine groups is 1. The topological polar surface area (TPSA) is 37.2 Å². The van der Waals surface area contributed by atoms with E-state index >= 15 is 0 Å². The summed E-state index contributed by atoms with van der Waals surface area (Å²) in [6, 6.07) is 24.7. The van der Waals surface area contributed by atoms with E-state index in [2.05, 4.69) is 49.4 Å². The van der Waals surface area contributed by atoms with Gasteiger partial charge in [-0.05, 0) is 42.5 Å². The minimum atomic E-state index is 0.632. The smallest absolute Gasteiger partial charge is 0.185 e. The number of nitrogens with zero attached hydrogens (tertiary/aromatic N) is 3. The van der Waals surface area contributed by atoms with Crippen molar-refractivity contribution in [3.05, 3.63) is 95.1 Å². The lowest BCUT2D eigenvalue weighted by atomic mass is 9.99. The van der Waals surface area contributed by atoms with E-state index in [1.54, 1.807) is 18.9 Å². The summed E-state index contributed by atoms with van der Waals surface area (Å²) >= 11 is 1.60. The number of thioether (sulfide) groups is 1. The Morgan fingerprint density at radius 3 is 2.41 bits per heavy atom. The van der Waals surface area contributed by atoms with Crippen LogP contribution >= 0.6 is 11.8 Å². The van der Waals surface area contributed by atoms with Crippen LogP contribution in [0, 0.1) is 6.92 Å². The van der Waals surface area contributed by atoms with Gasteiger partial charge in [0.1, 0.15) is 11.5 Å². The first-order chi connectivity index (χ1) is 14.2. The fourth-order valence-electron chi connectivity index (χ4n) is 3.28. The van der Waals surface area contributed by atoms with E-state index in [1.165, 1.54) is 5.56 Å². The number of aliphatic imine (C=N–C) groups is 1. The summed E-state index contributed by atoms with van der Waals surface area (Å²) in [4.78, 5) is 4.97. The van der Waals surface area contributed by atoms with Crippen LogP contribution < -0.4 is 4.74 Å². The molecule has 0 unspecified atom stereocenters. The second kappa shape index (κ2) is 8.53. The molecule has 0 spiro atoms. The number of hydrazone groups is 1. The van der Waals surface area contributed by atoms with E-state index in [1.807, 2.05) is 41.6 Å². The van der Waals surface area contributed by atoms with E-state index in [-0.39, 0.29) is 0 Å². The monoisotopic (exact) mass is 401 g/mol. The average Bonchev–Trinajstić information content (AvgIpc) is 2.91. The molecule has 0 bridgehead atoms.